The minimum Gasteiger partial charge on any atom is -0.352 e. The van der Waals surface area contributed by atoms with E-state index in [1.807, 2.05) is 42.5 Å². The molecule has 0 atom stereocenters. The number of rotatable bonds is 5. The first kappa shape index (κ1) is 16.0. The maximum atomic E-state index is 12.8. The molecule has 0 aliphatic carbocycles. The molecule has 0 saturated heterocycles. The molecular weight excluding hydrogens is 326 g/mol. The average molecular weight is 343 g/mol. The van der Waals surface area contributed by atoms with Crippen molar-refractivity contribution in [2.45, 2.75) is 6.42 Å². The second-order valence-corrected chi connectivity index (χ2v) is 5.93. The van der Waals surface area contributed by atoms with Gasteiger partial charge in [-0.2, -0.15) is 5.10 Å². The van der Waals surface area contributed by atoms with Gasteiger partial charge < -0.3 is 5.32 Å². The van der Waals surface area contributed by atoms with Crippen LogP contribution in [0.25, 0.3) is 22.2 Å². The van der Waals surface area contributed by atoms with Crippen LogP contribution in [0.3, 0.4) is 0 Å². The number of hydrogen-bond acceptors (Lipinski definition) is 4. The highest BCUT2D eigenvalue weighted by Crippen LogP contribution is 2.25. The molecule has 2 N–H and O–H groups in total. The fourth-order valence-corrected chi connectivity index (χ4v) is 2.85. The number of carbonyl (C=O) groups is 1. The molecule has 4 aromatic rings. The van der Waals surface area contributed by atoms with Gasteiger partial charge >= 0.3 is 0 Å². The quantitative estimate of drug-likeness (QED) is 0.583. The van der Waals surface area contributed by atoms with Crippen molar-refractivity contribution in [3.8, 4) is 11.3 Å². The molecule has 0 unspecified atom stereocenters. The van der Waals surface area contributed by atoms with Gasteiger partial charge in [0.2, 0.25) is 0 Å². The van der Waals surface area contributed by atoms with Crippen LogP contribution in [0.4, 0.5) is 0 Å². The van der Waals surface area contributed by atoms with Crippen LogP contribution in [0.5, 0.6) is 0 Å². The lowest BCUT2D eigenvalue weighted by atomic mass is 10.0. The fourth-order valence-electron chi connectivity index (χ4n) is 2.85. The highest BCUT2D eigenvalue weighted by molar-refractivity contribution is 6.03. The maximum absolute atomic E-state index is 12.8. The molecule has 1 amide bonds. The van der Waals surface area contributed by atoms with Crippen molar-refractivity contribution in [1.82, 2.24) is 25.5 Å². The first-order valence-electron chi connectivity index (χ1n) is 8.37. The Kier molecular flexibility index (Phi) is 4.38. The van der Waals surface area contributed by atoms with Gasteiger partial charge in [0.1, 0.15) is 0 Å². The molecule has 128 valence electrons. The van der Waals surface area contributed by atoms with Gasteiger partial charge in [-0.1, -0.05) is 24.3 Å². The second-order valence-electron chi connectivity index (χ2n) is 5.93. The summed E-state index contributed by atoms with van der Waals surface area (Å²) in [4.78, 5) is 21.6. The molecule has 6 nitrogen and oxygen atoms in total. The number of fused-ring (bicyclic) bond motifs is 1. The smallest absolute Gasteiger partial charge is 0.253 e. The molecule has 4 rings (SSSR count). The van der Waals surface area contributed by atoms with Gasteiger partial charge in [0, 0.05) is 36.1 Å². The molecule has 0 radical (unpaired) electrons. The molecule has 1 aromatic carbocycles. The first-order valence-corrected chi connectivity index (χ1v) is 8.37. The SMILES string of the molecule is O=C(NCCc1cccnc1)c1cc2ccccc2nc1-c1cn[nH]c1. The van der Waals surface area contributed by atoms with Crippen LogP contribution < -0.4 is 5.32 Å². The largest absolute Gasteiger partial charge is 0.352 e. The Balaban J connectivity index is 1.61. The minimum atomic E-state index is -0.150. The summed E-state index contributed by atoms with van der Waals surface area (Å²) in [5.74, 6) is -0.150. The molecule has 0 bridgehead atoms. The van der Waals surface area contributed by atoms with Gasteiger partial charge in [0.05, 0.1) is 23.0 Å². The summed E-state index contributed by atoms with van der Waals surface area (Å²) in [6.07, 6.45) is 7.68. The highest BCUT2D eigenvalue weighted by Gasteiger charge is 2.16. The van der Waals surface area contributed by atoms with Crippen molar-refractivity contribution in [1.29, 1.82) is 0 Å². The van der Waals surface area contributed by atoms with E-state index in [4.69, 9.17) is 0 Å². The summed E-state index contributed by atoms with van der Waals surface area (Å²) in [7, 11) is 0. The Labute approximate surface area is 150 Å². The van der Waals surface area contributed by atoms with E-state index in [1.165, 1.54) is 0 Å². The van der Waals surface area contributed by atoms with Crippen LogP contribution in [0.15, 0.2) is 67.3 Å². The molecule has 0 fully saturated rings. The number of aromatic nitrogens is 4. The predicted octanol–water partition coefficient (Wildman–Crippen LogP) is 2.99. The minimum absolute atomic E-state index is 0.150. The fraction of sp³-hybridized carbons (Fsp3) is 0.100. The van der Waals surface area contributed by atoms with Gasteiger partial charge in [-0.25, -0.2) is 4.98 Å². The topological polar surface area (TPSA) is 83.6 Å². The van der Waals surface area contributed by atoms with Crippen molar-refractivity contribution >= 4 is 16.8 Å². The third-order valence-electron chi connectivity index (χ3n) is 4.16. The van der Waals surface area contributed by atoms with Crippen LogP contribution in [0, 0.1) is 0 Å². The molecular formula is C20H17N5O. The van der Waals surface area contributed by atoms with Crippen molar-refractivity contribution in [2.75, 3.05) is 6.54 Å². The van der Waals surface area contributed by atoms with Gasteiger partial charge in [-0.3, -0.25) is 14.9 Å². The molecule has 6 heteroatoms. The Bertz CT molecular complexity index is 1030. The van der Waals surface area contributed by atoms with Crippen LogP contribution >= 0.6 is 0 Å². The van der Waals surface area contributed by atoms with Gasteiger partial charge in [-0.15, -0.1) is 0 Å². The summed E-state index contributed by atoms with van der Waals surface area (Å²) < 4.78 is 0. The van der Waals surface area contributed by atoms with E-state index in [0.717, 1.165) is 28.5 Å². The van der Waals surface area contributed by atoms with E-state index in [2.05, 4.69) is 25.5 Å². The van der Waals surface area contributed by atoms with Crippen LogP contribution in [0.1, 0.15) is 15.9 Å². The number of para-hydroxylation sites is 1. The third-order valence-corrected chi connectivity index (χ3v) is 4.16. The zero-order valence-electron chi connectivity index (χ0n) is 14.0. The number of amides is 1. The van der Waals surface area contributed by atoms with E-state index < -0.39 is 0 Å². The normalized spacial score (nSPS) is 10.8. The number of nitrogens with zero attached hydrogens (tertiary/aromatic N) is 3. The number of hydrogen-bond donors (Lipinski definition) is 2. The summed E-state index contributed by atoms with van der Waals surface area (Å²) in [5.41, 5.74) is 3.87. The molecule has 26 heavy (non-hydrogen) atoms. The zero-order valence-corrected chi connectivity index (χ0v) is 14.0. The van der Waals surface area contributed by atoms with E-state index >= 15 is 0 Å². The maximum Gasteiger partial charge on any atom is 0.253 e. The molecule has 0 saturated carbocycles. The summed E-state index contributed by atoms with van der Waals surface area (Å²) in [5, 5.41) is 10.7. The summed E-state index contributed by atoms with van der Waals surface area (Å²) in [6, 6.07) is 13.5. The Morgan fingerprint density at radius 1 is 1.12 bits per heavy atom. The predicted molar refractivity (Wildman–Crippen MR) is 99.6 cm³/mol. The van der Waals surface area contributed by atoms with Gasteiger partial charge in [0.25, 0.3) is 5.91 Å². The average Bonchev–Trinajstić information content (AvgIpc) is 3.22. The van der Waals surface area contributed by atoms with Gasteiger partial charge in [-0.05, 0) is 30.2 Å². The standard InChI is InChI=1S/C20H17N5O/c26-20(22-9-7-14-4-3-8-21-11-14)17-10-15-5-1-2-6-18(15)25-19(17)16-12-23-24-13-16/h1-6,8,10-13H,7,9H2,(H,22,26)(H,23,24). The number of H-pyrrole nitrogens is 1. The van der Waals surface area contributed by atoms with E-state index in [0.29, 0.717) is 17.8 Å². The lowest BCUT2D eigenvalue weighted by molar-refractivity contribution is 0.0954. The Hall–Kier alpha value is -3.54. The lowest BCUT2D eigenvalue weighted by Gasteiger charge is -2.10. The molecule has 3 aromatic heterocycles. The van der Waals surface area contributed by atoms with E-state index in [-0.39, 0.29) is 5.91 Å². The molecule has 0 aliphatic rings. The van der Waals surface area contributed by atoms with E-state index in [1.54, 1.807) is 24.8 Å². The third kappa shape index (κ3) is 3.30. The van der Waals surface area contributed by atoms with Crippen molar-refractivity contribution in [3.05, 3.63) is 78.4 Å². The number of benzene rings is 1. The molecule has 0 spiro atoms. The van der Waals surface area contributed by atoms with Crippen LogP contribution in [-0.4, -0.2) is 32.6 Å². The van der Waals surface area contributed by atoms with Gasteiger partial charge in [0.15, 0.2) is 0 Å². The number of nitrogens with one attached hydrogen (secondary N) is 2. The van der Waals surface area contributed by atoms with Crippen molar-refractivity contribution in [2.24, 2.45) is 0 Å². The second kappa shape index (κ2) is 7.14. The summed E-state index contributed by atoms with van der Waals surface area (Å²) >= 11 is 0. The summed E-state index contributed by atoms with van der Waals surface area (Å²) in [6.45, 7) is 0.530. The lowest BCUT2D eigenvalue weighted by Crippen LogP contribution is -2.26. The molecule has 3 heterocycles. The monoisotopic (exact) mass is 343 g/mol. The van der Waals surface area contributed by atoms with E-state index in [9.17, 15) is 4.79 Å². The van der Waals surface area contributed by atoms with Crippen molar-refractivity contribution < 1.29 is 4.79 Å². The van der Waals surface area contributed by atoms with Crippen LogP contribution in [0.2, 0.25) is 0 Å². The Morgan fingerprint density at radius 2 is 2.04 bits per heavy atom. The molecule has 0 aliphatic heterocycles. The highest BCUT2D eigenvalue weighted by atomic mass is 16.1. The van der Waals surface area contributed by atoms with Crippen molar-refractivity contribution in [3.63, 3.8) is 0 Å². The Morgan fingerprint density at radius 3 is 2.85 bits per heavy atom. The number of aromatic amines is 1. The first-order chi connectivity index (χ1) is 12.8. The van der Waals surface area contributed by atoms with Crippen LogP contribution in [-0.2, 0) is 6.42 Å². The number of carbonyl (C=O) groups excluding carboxylic acids is 1. The zero-order chi connectivity index (χ0) is 17.8. The number of pyridine rings is 2.